The van der Waals surface area contributed by atoms with Crippen molar-refractivity contribution in [3.63, 3.8) is 0 Å². The molecule has 5 heteroatoms. The van der Waals surface area contributed by atoms with Gasteiger partial charge in [-0.2, -0.15) is 0 Å². The SMILES string of the molecule is CC(=O)NCc1cc(C(=O)O)n2c1CCCC2. The maximum Gasteiger partial charge on any atom is 0.352 e. The third kappa shape index (κ3) is 2.33. The molecule has 0 saturated carbocycles. The van der Waals surface area contributed by atoms with Crippen molar-refractivity contribution < 1.29 is 14.7 Å². The highest BCUT2D eigenvalue weighted by atomic mass is 16.4. The summed E-state index contributed by atoms with van der Waals surface area (Å²) in [4.78, 5) is 22.0. The lowest BCUT2D eigenvalue weighted by atomic mass is 10.1. The van der Waals surface area contributed by atoms with Gasteiger partial charge in [-0.1, -0.05) is 0 Å². The molecule has 0 bridgehead atoms. The molecule has 2 N–H and O–H groups in total. The smallest absolute Gasteiger partial charge is 0.352 e. The van der Waals surface area contributed by atoms with E-state index in [2.05, 4.69) is 5.32 Å². The zero-order valence-corrected chi connectivity index (χ0v) is 9.82. The van der Waals surface area contributed by atoms with E-state index in [-0.39, 0.29) is 5.91 Å². The second-order valence-corrected chi connectivity index (χ2v) is 4.33. The van der Waals surface area contributed by atoms with Crippen molar-refractivity contribution in [3.05, 3.63) is 23.0 Å². The first-order valence-electron chi connectivity index (χ1n) is 5.78. The van der Waals surface area contributed by atoms with E-state index >= 15 is 0 Å². The Morgan fingerprint density at radius 2 is 2.24 bits per heavy atom. The first-order chi connectivity index (χ1) is 8.09. The predicted octanol–water partition coefficient (Wildman–Crippen LogP) is 1.16. The molecule has 92 valence electrons. The minimum atomic E-state index is -0.901. The lowest BCUT2D eigenvalue weighted by Crippen LogP contribution is -2.20. The maximum atomic E-state index is 11.1. The third-order valence-electron chi connectivity index (χ3n) is 3.09. The van der Waals surface area contributed by atoms with Gasteiger partial charge in [-0.25, -0.2) is 4.79 Å². The zero-order chi connectivity index (χ0) is 12.4. The first kappa shape index (κ1) is 11.7. The van der Waals surface area contributed by atoms with Crippen molar-refractivity contribution in [1.82, 2.24) is 9.88 Å². The molecule has 1 aromatic rings. The molecule has 1 aliphatic heterocycles. The van der Waals surface area contributed by atoms with Crippen LogP contribution in [0.1, 0.15) is 41.5 Å². The minimum Gasteiger partial charge on any atom is -0.477 e. The van der Waals surface area contributed by atoms with Gasteiger partial charge < -0.3 is 15.0 Å². The Morgan fingerprint density at radius 1 is 1.47 bits per heavy atom. The van der Waals surface area contributed by atoms with Crippen molar-refractivity contribution >= 4 is 11.9 Å². The van der Waals surface area contributed by atoms with E-state index in [1.807, 2.05) is 4.57 Å². The summed E-state index contributed by atoms with van der Waals surface area (Å²) >= 11 is 0. The fourth-order valence-corrected chi connectivity index (χ4v) is 2.31. The number of aromatic carboxylic acids is 1. The summed E-state index contributed by atoms with van der Waals surface area (Å²) in [5.74, 6) is -1.00. The van der Waals surface area contributed by atoms with E-state index < -0.39 is 5.97 Å². The molecule has 0 aliphatic carbocycles. The Bertz CT molecular complexity index is 463. The normalized spacial score (nSPS) is 14.2. The summed E-state index contributed by atoms with van der Waals surface area (Å²) in [6.07, 6.45) is 2.99. The molecule has 17 heavy (non-hydrogen) atoms. The molecule has 2 rings (SSSR count). The number of carboxylic acids is 1. The van der Waals surface area contributed by atoms with Crippen LogP contribution in [0, 0.1) is 0 Å². The van der Waals surface area contributed by atoms with Gasteiger partial charge in [0.05, 0.1) is 0 Å². The van der Waals surface area contributed by atoms with E-state index in [4.69, 9.17) is 5.11 Å². The maximum absolute atomic E-state index is 11.1. The van der Waals surface area contributed by atoms with Crippen molar-refractivity contribution in [1.29, 1.82) is 0 Å². The molecule has 1 amide bonds. The summed E-state index contributed by atoms with van der Waals surface area (Å²) in [6.45, 7) is 2.63. The third-order valence-corrected chi connectivity index (χ3v) is 3.09. The van der Waals surface area contributed by atoms with Gasteiger partial charge in [0, 0.05) is 25.7 Å². The van der Waals surface area contributed by atoms with Gasteiger partial charge in [0.15, 0.2) is 0 Å². The lowest BCUT2D eigenvalue weighted by Gasteiger charge is -2.18. The Kier molecular flexibility index (Phi) is 3.17. The average molecular weight is 236 g/mol. The molecular formula is C12H16N2O3. The number of aromatic nitrogens is 1. The predicted molar refractivity (Wildman–Crippen MR) is 61.9 cm³/mol. The number of carbonyl (C=O) groups excluding carboxylic acids is 1. The Morgan fingerprint density at radius 3 is 2.88 bits per heavy atom. The van der Waals surface area contributed by atoms with Crippen LogP contribution in [0.4, 0.5) is 0 Å². The van der Waals surface area contributed by atoms with Crippen molar-refractivity contribution in [2.75, 3.05) is 0 Å². The minimum absolute atomic E-state index is 0.0994. The fourth-order valence-electron chi connectivity index (χ4n) is 2.31. The molecule has 5 nitrogen and oxygen atoms in total. The quantitative estimate of drug-likeness (QED) is 0.827. The molecule has 0 unspecified atom stereocenters. The van der Waals surface area contributed by atoms with Crippen LogP contribution >= 0.6 is 0 Å². The molecular weight excluding hydrogens is 220 g/mol. The second kappa shape index (κ2) is 4.61. The summed E-state index contributed by atoms with van der Waals surface area (Å²) < 4.78 is 1.86. The van der Waals surface area contributed by atoms with Crippen molar-refractivity contribution in [3.8, 4) is 0 Å². The van der Waals surface area contributed by atoms with E-state index in [1.165, 1.54) is 6.92 Å². The van der Waals surface area contributed by atoms with Crippen LogP contribution in [0.15, 0.2) is 6.07 Å². The molecule has 1 aliphatic rings. The van der Waals surface area contributed by atoms with Crippen LogP contribution in [0.5, 0.6) is 0 Å². The van der Waals surface area contributed by atoms with Gasteiger partial charge in [0.2, 0.25) is 5.91 Å². The summed E-state index contributed by atoms with van der Waals surface area (Å²) in [5.41, 5.74) is 2.32. The fraction of sp³-hybridized carbons (Fsp3) is 0.500. The molecule has 0 radical (unpaired) electrons. The van der Waals surface area contributed by atoms with E-state index in [9.17, 15) is 9.59 Å². The molecule has 0 saturated heterocycles. The van der Waals surface area contributed by atoms with Crippen LogP contribution in [-0.4, -0.2) is 21.6 Å². The van der Waals surface area contributed by atoms with Crippen LogP contribution in [-0.2, 0) is 24.3 Å². The van der Waals surface area contributed by atoms with Gasteiger partial charge in [0.1, 0.15) is 5.69 Å². The number of nitrogens with one attached hydrogen (secondary N) is 1. The van der Waals surface area contributed by atoms with Crippen LogP contribution < -0.4 is 5.32 Å². The Labute approximate surface area is 99.4 Å². The van der Waals surface area contributed by atoms with Crippen LogP contribution in [0.3, 0.4) is 0 Å². The molecule has 2 heterocycles. The lowest BCUT2D eigenvalue weighted by molar-refractivity contribution is -0.119. The van der Waals surface area contributed by atoms with Gasteiger partial charge in [-0.05, 0) is 30.9 Å². The van der Waals surface area contributed by atoms with E-state index in [1.54, 1.807) is 6.07 Å². The largest absolute Gasteiger partial charge is 0.477 e. The van der Waals surface area contributed by atoms with Crippen molar-refractivity contribution in [2.45, 2.75) is 39.3 Å². The summed E-state index contributed by atoms with van der Waals surface area (Å²) in [7, 11) is 0. The van der Waals surface area contributed by atoms with Crippen LogP contribution in [0.25, 0.3) is 0 Å². The van der Waals surface area contributed by atoms with Crippen LogP contribution in [0.2, 0.25) is 0 Å². The van der Waals surface area contributed by atoms with E-state index in [0.717, 1.165) is 37.1 Å². The number of fused-ring (bicyclic) bond motifs is 1. The average Bonchev–Trinajstić information content (AvgIpc) is 2.65. The van der Waals surface area contributed by atoms with Gasteiger partial charge in [0.25, 0.3) is 0 Å². The number of hydrogen-bond donors (Lipinski definition) is 2. The highest BCUT2D eigenvalue weighted by Crippen LogP contribution is 2.23. The number of amides is 1. The number of carbonyl (C=O) groups is 2. The zero-order valence-electron chi connectivity index (χ0n) is 9.82. The Balaban J connectivity index is 2.32. The number of rotatable bonds is 3. The highest BCUT2D eigenvalue weighted by molar-refractivity contribution is 5.86. The summed E-state index contributed by atoms with van der Waals surface area (Å²) in [5, 5.41) is 11.8. The highest BCUT2D eigenvalue weighted by Gasteiger charge is 2.21. The Hall–Kier alpha value is -1.78. The number of hydrogen-bond acceptors (Lipinski definition) is 2. The topological polar surface area (TPSA) is 71.3 Å². The molecule has 1 aromatic heterocycles. The summed E-state index contributed by atoms with van der Waals surface area (Å²) in [6, 6.07) is 1.68. The van der Waals surface area contributed by atoms with E-state index in [0.29, 0.717) is 12.2 Å². The monoisotopic (exact) mass is 236 g/mol. The molecule has 0 spiro atoms. The standard InChI is InChI=1S/C12H16N2O3/c1-8(15)13-7-9-6-11(12(16)17)14-5-3-2-4-10(9)14/h6H,2-5,7H2,1H3,(H,13,15)(H,16,17). The van der Waals surface area contributed by atoms with Gasteiger partial charge >= 0.3 is 5.97 Å². The number of carboxylic acid groups (broad SMARTS) is 1. The first-order valence-corrected chi connectivity index (χ1v) is 5.78. The molecule has 0 atom stereocenters. The number of nitrogens with zero attached hydrogens (tertiary/aromatic N) is 1. The molecule has 0 aromatic carbocycles. The van der Waals surface area contributed by atoms with Gasteiger partial charge in [-0.3, -0.25) is 4.79 Å². The van der Waals surface area contributed by atoms with Crippen molar-refractivity contribution in [2.24, 2.45) is 0 Å². The second-order valence-electron chi connectivity index (χ2n) is 4.33. The molecule has 0 fully saturated rings. The van der Waals surface area contributed by atoms with Gasteiger partial charge in [-0.15, -0.1) is 0 Å².